The van der Waals surface area contributed by atoms with Gasteiger partial charge in [0, 0.05) is 43.7 Å². The van der Waals surface area contributed by atoms with E-state index in [2.05, 4.69) is 5.32 Å². The quantitative estimate of drug-likeness (QED) is 0.404. The summed E-state index contributed by atoms with van der Waals surface area (Å²) in [6.07, 6.45) is 3.27. The van der Waals surface area contributed by atoms with E-state index in [9.17, 15) is 12.8 Å². The number of hydrogen-bond acceptors (Lipinski definition) is 6. The molecule has 1 fully saturated rings. The molecule has 4 rings (SSSR count). The molecule has 0 atom stereocenters. The van der Waals surface area contributed by atoms with Gasteiger partial charge in [0.2, 0.25) is 0 Å². The Morgan fingerprint density at radius 1 is 1.08 bits per heavy atom. The number of benzene rings is 2. The van der Waals surface area contributed by atoms with Crippen LogP contribution in [-0.4, -0.2) is 52.5 Å². The molecule has 1 saturated heterocycles. The average Bonchev–Trinajstić information content (AvgIpc) is 3.32. The molecule has 1 aliphatic heterocycles. The first-order chi connectivity index (χ1) is 17.4. The number of nitrogens with zero attached hydrogens (tertiary/aromatic N) is 1. The molecule has 1 aromatic heterocycles. The monoisotopic (exact) mass is 520 g/mol. The zero-order valence-corrected chi connectivity index (χ0v) is 20.9. The van der Waals surface area contributed by atoms with Gasteiger partial charge in [-0.3, -0.25) is 0 Å². The lowest BCUT2D eigenvalue weighted by Gasteiger charge is -2.22. The minimum absolute atomic E-state index is 0.0523. The van der Waals surface area contributed by atoms with Crippen molar-refractivity contribution in [2.24, 2.45) is 5.92 Å². The summed E-state index contributed by atoms with van der Waals surface area (Å²) >= 11 is 0. The van der Waals surface area contributed by atoms with Gasteiger partial charge in [-0.15, -0.1) is 0 Å². The Balaban J connectivity index is 1.65. The highest BCUT2D eigenvalue weighted by atomic mass is 32.2. The zero-order chi connectivity index (χ0) is 25.5. The van der Waals surface area contributed by atoms with E-state index in [1.165, 1.54) is 36.5 Å². The molecule has 1 aliphatic rings. The summed E-state index contributed by atoms with van der Waals surface area (Å²) in [4.78, 5) is -0.0523. The van der Waals surface area contributed by atoms with Crippen molar-refractivity contribution in [2.75, 3.05) is 40.1 Å². The highest BCUT2D eigenvalue weighted by molar-refractivity contribution is 7.90. The van der Waals surface area contributed by atoms with Gasteiger partial charge in [0.05, 0.1) is 17.2 Å². The molecule has 36 heavy (non-hydrogen) atoms. The van der Waals surface area contributed by atoms with Gasteiger partial charge in [-0.05, 0) is 61.7 Å². The third-order valence-corrected chi connectivity index (χ3v) is 7.64. The summed E-state index contributed by atoms with van der Waals surface area (Å²) in [6, 6.07) is 11.9. The predicted molar refractivity (Wildman–Crippen MR) is 132 cm³/mol. The molecule has 7 nitrogen and oxygen atoms in total. The van der Waals surface area contributed by atoms with Gasteiger partial charge in [-0.2, -0.15) is 0 Å². The highest BCUT2D eigenvalue weighted by Gasteiger charge is 2.24. The van der Waals surface area contributed by atoms with Crippen LogP contribution in [0.3, 0.4) is 0 Å². The van der Waals surface area contributed by atoms with Gasteiger partial charge in [0.15, 0.2) is 0 Å². The number of alkyl halides is 1. The maximum Gasteiger partial charge on any atom is 0.268 e. The molecule has 0 aliphatic carbocycles. The fourth-order valence-corrected chi connectivity index (χ4v) is 5.53. The van der Waals surface area contributed by atoms with E-state index in [1.807, 2.05) is 0 Å². The third-order valence-electron chi connectivity index (χ3n) is 5.97. The van der Waals surface area contributed by atoms with Gasteiger partial charge in [0.25, 0.3) is 10.0 Å². The molecule has 0 radical (unpaired) electrons. The van der Waals surface area contributed by atoms with Gasteiger partial charge in [-0.25, -0.2) is 21.2 Å². The largest absolute Gasteiger partial charge is 0.493 e. The SMILES string of the molecule is CNCc1cc(-c2ccc(OCC3CCOCC3)cc2F)n(S(=O)(=O)c2cccc(OCCF)c2)c1. The summed E-state index contributed by atoms with van der Waals surface area (Å²) in [5, 5.41) is 2.98. The standard InChI is InChI=1S/C26H30F2N2O5S/c1-29-16-20-13-26(24-6-5-22(15-25(24)28)35-18-19-7-10-33-11-8-19)30(17-20)36(31,32)23-4-2-3-21(14-23)34-12-9-27/h2-6,13-15,17,19,29H,7-12,16,18H2,1H3. The van der Waals surface area contributed by atoms with E-state index >= 15 is 4.39 Å². The summed E-state index contributed by atoms with van der Waals surface area (Å²) in [7, 11) is -2.37. The first-order valence-electron chi connectivity index (χ1n) is 11.8. The second kappa shape index (κ2) is 11.9. The predicted octanol–water partition coefficient (Wildman–Crippen LogP) is 4.40. The number of nitrogens with one attached hydrogen (secondary N) is 1. The van der Waals surface area contributed by atoms with Crippen molar-refractivity contribution >= 4 is 10.0 Å². The second-order valence-electron chi connectivity index (χ2n) is 8.59. The number of aromatic nitrogens is 1. The van der Waals surface area contributed by atoms with Gasteiger partial charge in [0.1, 0.15) is 30.6 Å². The molecule has 0 unspecified atom stereocenters. The Kier molecular flexibility index (Phi) is 8.60. The minimum atomic E-state index is -4.11. The van der Waals surface area contributed by atoms with Crippen LogP contribution in [0.15, 0.2) is 59.6 Å². The fourth-order valence-electron chi connectivity index (χ4n) is 4.11. The molecule has 1 N–H and O–H groups in total. The Morgan fingerprint density at radius 3 is 2.58 bits per heavy atom. The van der Waals surface area contributed by atoms with Crippen LogP contribution >= 0.6 is 0 Å². The lowest BCUT2D eigenvalue weighted by atomic mass is 10.0. The molecular formula is C26H30F2N2O5S. The van der Waals surface area contributed by atoms with Crippen LogP contribution in [0.25, 0.3) is 11.3 Å². The lowest BCUT2D eigenvalue weighted by Crippen LogP contribution is -2.21. The average molecular weight is 521 g/mol. The molecule has 3 aromatic rings. The number of ether oxygens (including phenoxy) is 3. The van der Waals surface area contributed by atoms with Crippen molar-refractivity contribution in [1.82, 2.24) is 9.29 Å². The maximum absolute atomic E-state index is 15.3. The molecule has 2 heterocycles. The van der Waals surface area contributed by atoms with Crippen LogP contribution < -0.4 is 14.8 Å². The van der Waals surface area contributed by atoms with Gasteiger partial charge in [-0.1, -0.05) is 6.07 Å². The summed E-state index contributed by atoms with van der Waals surface area (Å²) < 4.78 is 72.4. The third kappa shape index (κ3) is 6.05. The van der Waals surface area contributed by atoms with Crippen LogP contribution in [0, 0.1) is 11.7 Å². The lowest BCUT2D eigenvalue weighted by molar-refractivity contribution is 0.0497. The number of rotatable bonds is 11. The molecule has 10 heteroatoms. The van der Waals surface area contributed by atoms with Crippen LogP contribution in [0.5, 0.6) is 11.5 Å². The van der Waals surface area contributed by atoms with Crippen LogP contribution in [0.1, 0.15) is 18.4 Å². The first kappa shape index (κ1) is 26.1. The Bertz CT molecular complexity index is 1270. The van der Waals surface area contributed by atoms with Crippen molar-refractivity contribution in [2.45, 2.75) is 24.3 Å². The van der Waals surface area contributed by atoms with Crippen LogP contribution in [0.4, 0.5) is 8.78 Å². The highest BCUT2D eigenvalue weighted by Crippen LogP contribution is 2.32. The van der Waals surface area contributed by atoms with Crippen molar-refractivity contribution in [3.05, 3.63) is 66.1 Å². The molecule has 194 valence electrons. The van der Waals surface area contributed by atoms with E-state index < -0.39 is 22.5 Å². The Morgan fingerprint density at radius 2 is 1.86 bits per heavy atom. The van der Waals surface area contributed by atoms with E-state index in [0.29, 0.717) is 43.6 Å². The van der Waals surface area contributed by atoms with Gasteiger partial charge >= 0.3 is 0 Å². The fraction of sp³-hybridized carbons (Fsp3) is 0.385. The minimum Gasteiger partial charge on any atom is -0.493 e. The molecule has 0 amide bonds. The zero-order valence-electron chi connectivity index (χ0n) is 20.1. The summed E-state index contributed by atoms with van der Waals surface area (Å²) in [5.41, 5.74) is 0.980. The number of hydrogen-bond donors (Lipinski definition) is 1. The van der Waals surface area contributed by atoms with E-state index in [4.69, 9.17) is 14.2 Å². The molecule has 0 saturated carbocycles. The first-order valence-corrected chi connectivity index (χ1v) is 13.3. The topological polar surface area (TPSA) is 78.8 Å². The molecule has 0 bridgehead atoms. The smallest absolute Gasteiger partial charge is 0.268 e. The van der Waals surface area contributed by atoms with E-state index in [1.54, 1.807) is 25.2 Å². The normalized spacial score (nSPS) is 14.6. The van der Waals surface area contributed by atoms with Crippen molar-refractivity contribution in [3.8, 4) is 22.8 Å². The van der Waals surface area contributed by atoms with Crippen molar-refractivity contribution < 1.29 is 31.4 Å². The van der Waals surface area contributed by atoms with Crippen molar-refractivity contribution in [1.29, 1.82) is 0 Å². The summed E-state index contributed by atoms with van der Waals surface area (Å²) in [6.45, 7) is 1.39. The van der Waals surface area contributed by atoms with E-state index in [-0.39, 0.29) is 28.5 Å². The van der Waals surface area contributed by atoms with Crippen LogP contribution in [0.2, 0.25) is 0 Å². The van der Waals surface area contributed by atoms with Crippen molar-refractivity contribution in [3.63, 3.8) is 0 Å². The van der Waals surface area contributed by atoms with E-state index in [0.717, 1.165) is 16.8 Å². The second-order valence-corrected chi connectivity index (χ2v) is 10.4. The van der Waals surface area contributed by atoms with Crippen LogP contribution in [-0.2, 0) is 21.3 Å². The maximum atomic E-state index is 15.3. The Hall–Kier alpha value is -2.95. The Labute approximate surface area is 210 Å². The number of halogens is 2. The molecule has 2 aromatic carbocycles. The molecular weight excluding hydrogens is 490 g/mol. The summed E-state index contributed by atoms with van der Waals surface area (Å²) in [5.74, 6) is 0.384. The molecule has 0 spiro atoms. The van der Waals surface area contributed by atoms with Gasteiger partial charge < -0.3 is 19.5 Å².